The van der Waals surface area contributed by atoms with Gasteiger partial charge in [-0.2, -0.15) is 10.2 Å². The molecule has 3 aromatic rings. The van der Waals surface area contributed by atoms with Crippen molar-refractivity contribution in [2.45, 2.75) is 70.5 Å². The van der Waals surface area contributed by atoms with Crippen LogP contribution in [0.1, 0.15) is 57.7 Å². The van der Waals surface area contributed by atoms with E-state index in [-0.39, 0.29) is 22.9 Å². The van der Waals surface area contributed by atoms with Crippen molar-refractivity contribution in [3.8, 4) is 11.1 Å². The van der Waals surface area contributed by atoms with E-state index < -0.39 is 0 Å². The van der Waals surface area contributed by atoms with Gasteiger partial charge in [-0.1, -0.05) is 29.8 Å². The van der Waals surface area contributed by atoms with E-state index in [1.54, 1.807) is 0 Å². The number of nitrogens with zero attached hydrogens (tertiary/aromatic N) is 8. The van der Waals surface area contributed by atoms with Gasteiger partial charge in [0.1, 0.15) is 0 Å². The Kier molecular flexibility index (Phi) is 8.48. The zero-order valence-electron chi connectivity index (χ0n) is 28.7. The molecule has 11 nitrogen and oxygen atoms in total. The first-order chi connectivity index (χ1) is 22.8. The number of H-pyrrole nitrogens is 1. The zero-order valence-corrected chi connectivity index (χ0v) is 30.2. The van der Waals surface area contributed by atoms with Gasteiger partial charge in [0, 0.05) is 86.0 Å². The first kappa shape index (κ1) is 33.2. The summed E-state index contributed by atoms with van der Waals surface area (Å²) in [5.41, 5.74) is 4.09. The number of piperidine rings is 1. The molecule has 2 aromatic heterocycles. The molecule has 1 aromatic carbocycles. The maximum atomic E-state index is 12.0. The Bertz CT molecular complexity index is 1750. The second-order valence-electron chi connectivity index (χ2n) is 15.3. The third kappa shape index (κ3) is 5.55. The highest BCUT2D eigenvalue weighted by molar-refractivity contribution is 6.45. The fraction of sp³-hybridized carbons (Fsp3) is 0.600. The predicted octanol–water partition coefficient (Wildman–Crippen LogP) is 5.83. The molecular formula is C35H47Cl2N9O2. The average molecular weight is 697 g/mol. The number of nitrogens with one attached hydrogen (secondary N) is 1. The van der Waals surface area contributed by atoms with Crippen molar-refractivity contribution in [3.05, 3.63) is 40.7 Å². The van der Waals surface area contributed by atoms with Gasteiger partial charge in [0.2, 0.25) is 5.91 Å². The molecule has 0 radical (unpaired) electrons. The van der Waals surface area contributed by atoms with Crippen LogP contribution >= 0.6 is 23.2 Å². The lowest BCUT2D eigenvalue weighted by molar-refractivity contribution is -0.149. The molecule has 8 rings (SSSR count). The standard InChI is InChI=1S/C27H32Cl2N6O.C8H15N3O/c1-5-21(36)33-14-27(15-33)11-17(12-27)35-16(2)22(25(32-35)34-9-7-6-8-26(34,3)4)23-18-13-30-31-20(18)10-19(28)24(23)29;1-9-3-4-11-7(5-9)6-10(2)8(11)12/h5,10,13,17H,1,6-9,11-12,14-15H2,2-4H3,(H,30,31);7H,3-6H2,1-2H3. The van der Waals surface area contributed by atoms with E-state index in [4.69, 9.17) is 28.3 Å². The molecule has 1 atom stereocenters. The van der Waals surface area contributed by atoms with E-state index in [0.29, 0.717) is 22.1 Å². The van der Waals surface area contributed by atoms with Gasteiger partial charge in [-0.25, -0.2) is 4.79 Å². The second kappa shape index (κ2) is 12.2. The summed E-state index contributed by atoms with van der Waals surface area (Å²) in [5.74, 6) is 0.998. The van der Waals surface area contributed by atoms with Gasteiger partial charge in [0.05, 0.1) is 33.8 Å². The minimum Gasteiger partial charge on any atom is -0.350 e. The molecule has 4 aliphatic heterocycles. The summed E-state index contributed by atoms with van der Waals surface area (Å²) in [4.78, 5) is 33.9. The largest absolute Gasteiger partial charge is 0.350 e. The SMILES string of the molecule is C=CC(=O)N1CC2(CC(n3nc(N4CCCCC4(C)C)c(-c4c(Cl)c(Cl)cc5[nH]ncc45)c3C)C2)C1.CN1CCN2C(=O)N(C)CC2C1. The molecule has 1 aliphatic carbocycles. The van der Waals surface area contributed by atoms with Crippen molar-refractivity contribution in [2.24, 2.45) is 5.41 Å². The van der Waals surface area contributed by atoms with Gasteiger partial charge >= 0.3 is 6.03 Å². The van der Waals surface area contributed by atoms with Crippen molar-refractivity contribution in [3.63, 3.8) is 0 Å². The third-order valence-corrected chi connectivity index (χ3v) is 12.2. The van der Waals surface area contributed by atoms with Gasteiger partial charge in [0.25, 0.3) is 0 Å². The molecule has 0 bridgehead atoms. The number of likely N-dealkylation sites (N-methyl/N-ethyl adjacent to an activating group) is 2. The molecule has 5 aliphatic rings. The van der Waals surface area contributed by atoms with E-state index in [9.17, 15) is 9.59 Å². The lowest BCUT2D eigenvalue weighted by atomic mass is 9.60. The van der Waals surface area contributed by atoms with Crippen LogP contribution in [-0.2, 0) is 4.79 Å². The number of halogens is 2. The number of hydrogen-bond donors (Lipinski definition) is 1. The highest BCUT2D eigenvalue weighted by Gasteiger charge is 2.54. The van der Waals surface area contributed by atoms with E-state index in [1.807, 2.05) is 34.0 Å². The van der Waals surface area contributed by atoms with Crippen molar-refractivity contribution in [1.29, 1.82) is 0 Å². The molecule has 1 saturated carbocycles. The smallest absolute Gasteiger partial charge is 0.320 e. The number of carbonyl (C=O) groups is 2. The number of carbonyl (C=O) groups excluding carboxylic acids is 2. The Balaban J connectivity index is 0.000000255. The Morgan fingerprint density at radius 2 is 1.81 bits per heavy atom. The van der Waals surface area contributed by atoms with Gasteiger partial charge in [-0.15, -0.1) is 0 Å². The Labute approximate surface area is 292 Å². The highest BCUT2D eigenvalue weighted by atomic mass is 35.5. The molecule has 1 spiro atoms. The van der Waals surface area contributed by atoms with Crippen LogP contribution in [0.25, 0.3) is 22.0 Å². The van der Waals surface area contributed by atoms with Crippen molar-refractivity contribution in [2.75, 3.05) is 64.8 Å². The maximum absolute atomic E-state index is 12.0. The summed E-state index contributed by atoms with van der Waals surface area (Å²) in [7, 11) is 3.99. The van der Waals surface area contributed by atoms with Crippen LogP contribution in [0.5, 0.6) is 0 Å². The fourth-order valence-electron chi connectivity index (χ4n) is 8.73. The number of rotatable bonds is 4. The topological polar surface area (TPSA) is 96.8 Å². The molecule has 4 saturated heterocycles. The van der Waals surface area contributed by atoms with Crippen LogP contribution in [0, 0.1) is 12.3 Å². The normalized spacial score (nSPS) is 23.6. The number of benzene rings is 1. The van der Waals surface area contributed by atoms with Crippen molar-refractivity contribution in [1.82, 2.24) is 39.6 Å². The highest BCUT2D eigenvalue weighted by Crippen LogP contribution is 2.56. The fourth-order valence-corrected chi connectivity index (χ4v) is 9.18. The number of anilines is 1. The van der Waals surface area contributed by atoms with Crippen LogP contribution in [0.15, 0.2) is 24.9 Å². The van der Waals surface area contributed by atoms with Crippen LogP contribution in [0.3, 0.4) is 0 Å². The van der Waals surface area contributed by atoms with Crippen molar-refractivity contribution < 1.29 is 9.59 Å². The second-order valence-corrected chi connectivity index (χ2v) is 16.0. The summed E-state index contributed by atoms with van der Waals surface area (Å²) < 4.78 is 2.21. The summed E-state index contributed by atoms with van der Waals surface area (Å²) in [6.45, 7) is 16.8. The monoisotopic (exact) mass is 695 g/mol. The summed E-state index contributed by atoms with van der Waals surface area (Å²) in [5, 5.41) is 14.6. The molecule has 258 valence electrons. The summed E-state index contributed by atoms with van der Waals surface area (Å²) in [6, 6.07) is 2.77. The number of amides is 3. The maximum Gasteiger partial charge on any atom is 0.320 e. The van der Waals surface area contributed by atoms with Crippen molar-refractivity contribution >= 4 is 51.9 Å². The van der Waals surface area contributed by atoms with Crippen LogP contribution < -0.4 is 4.90 Å². The zero-order chi connectivity index (χ0) is 34.1. The number of hydrogen-bond acceptors (Lipinski definition) is 6. The number of piperazine rings is 1. The first-order valence-electron chi connectivity index (χ1n) is 17.1. The van der Waals surface area contributed by atoms with E-state index in [1.165, 1.54) is 12.5 Å². The Morgan fingerprint density at radius 3 is 2.52 bits per heavy atom. The number of urea groups is 1. The van der Waals surface area contributed by atoms with Gasteiger partial charge in [-0.05, 0) is 72.1 Å². The first-order valence-corrected chi connectivity index (χ1v) is 17.9. The van der Waals surface area contributed by atoms with Crippen LogP contribution in [-0.4, -0.2) is 123 Å². The summed E-state index contributed by atoms with van der Waals surface area (Å²) in [6.07, 6.45) is 8.73. The summed E-state index contributed by atoms with van der Waals surface area (Å²) >= 11 is 13.5. The minimum absolute atomic E-state index is 0.0143. The molecule has 6 heterocycles. The molecule has 3 amide bonds. The molecule has 1 N–H and O–H groups in total. The number of fused-ring (bicyclic) bond motifs is 2. The van der Waals surface area contributed by atoms with E-state index in [2.05, 4.69) is 59.1 Å². The molecule has 5 fully saturated rings. The van der Waals surface area contributed by atoms with Gasteiger partial charge in [-0.3, -0.25) is 14.6 Å². The van der Waals surface area contributed by atoms with E-state index >= 15 is 0 Å². The number of likely N-dealkylation sites (tertiary alicyclic amines) is 1. The van der Waals surface area contributed by atoms with Gasteiger partial charge in [0.15, 0.2) is 5.82 Å². The quantitative estimate of drug-likeness (QED) is 0.345. The lowest BCUT2D eigenvalue weighted by Gasteiger charge is -2.58. The lowest BCUT2D eigenvalue weighted by Crippen LogP contribution is -2.63. The average Bonchev–Trinajstić information content (AvgIpc) is 3.68. The van der Waals surface area contributed by atoms with Gasteiger partial charge < -0.3 is 24.5 Å². The van der Waals surface area contributed by atoms with Crippen LogP contribution in [0.2, 0.25) is 10.0 Å². The minimum atomic E-state index is -0.0143. The molecule has 48 heavy (non-hydrogen) atoms. The Morgan fingerprint density at radius 1 is 1.06 bits per heavy atom. The van der Waals surface area contributed by atoms with E-state index in [0.717, 1.165) is 105 Å². The third-order valence-electron chi connectivity index (χ3n) is 11.4. The Hall–Kier alpha value is -3.28. The number of aromatic nitrogens is 4. The molecular weight excluding hydrogens is 649 g/mol. The molecule has 1 unspecified atom stereocenters. The molecule has 13 heteroatoms. The number of aromatic amines is 1. The van der Waals surface area contributed by atoms with Crippen LogP contribution in [0.4, 0.5) is 10.6 Å². The predicted molar refractivity (Wildman–Crippen MR) is 191 cm³/mol.